The molecule has 0 atom stereocenters. The van der Waals surface area contributed by atoms with Gasteiger partial charge in [-0.1, -0.05) is 29.3 Å². The van der Waals surface area contributed by atoms with Crippen molar-refractivity contribution in [3.8, 4) is 11.5 Å². The molecule has 0 aliphatic heterocycles. The van der Waals surface area contributed by atoms with E-state index < -0.39 is 0 Å². The lowest BCUT2D eigenvalue weighted by Crippen LogP contribution is -1.98. The van der Waals surface area contributed by atoms with Crippen LogP contribution in [0.5, 0.6) is 11.5 Å². The molecule has 0 aliphatic rings. The van der Waals surface area contributed by atoms with Gasteiger partial charge in [-0.15, -0.1) is 0 Å². The van der Waals surface area contributed by atoms with E-state index in [0.717, 1.165) is 16.5 Å². The largest absolute Gasteiger partial charge is 0.463 e. The number of benzene rings is 2. The first-order chi connectivity index (χ1) is 12.5. The molecule has 1 aromatic heterocycles. The Kier molecular flexibility index (Phi) is 5.55. The average Bonchev–Trinajstić information content (AvgIpc) is 2.93. The highest BCUT2D eigenvalue weighted by Gasteiger charge is 2.13. The summed E-state index contributed by atoms with van der Waals surface area (Å²) in [5.74, 6) is 0.757. The molecule has 1 heterocycles. The van der Waals surface area contributed by atoms with Crippen molar-refractivity contribution in [3.63, 3.8) is 0 Å². The number of fused-ring (bicyclic) bond motifs is 1. The third-order valence-corrected chi connectivity index (χ3v) is 4.34. The van der Waals surface area contributed by atoms with Crippen LogP contribution in [0, 0.1) is 0 Å². The predicted octanol–water partition coefficient (Wildman–Crippen LogP) is 5.85. The Hall–Kier alpha value is -2.43. The molecule has 2 aromatic carbocycles. The lowest BCUT2D eigenvalue weighted by molar-refractivity contribution is -0.137. The third-order valence-electron chi connectivity index (χ3n) is 3.81. The van der Waals surface area contributed by atoms with Gasteiger partial charge < -0.3 is 14.0 Å². The van der Waals surface area contributed by atoms with Crippen molar-refractivity contribution in [3.05, 3.63) is 64.3 Å². The molecular weight excluding hydrogens is 373 g/mol. The van der Waals surface area contributed by atoms with Crippen LogP contribution in [-0.4, -0.2) is 17.1 Å². The lowest BCUT2D eigenvalue weighted by atomic mass is 10.1. The van der Waals surface area contributed by atoms with Gasteiger partial charge in [0.25, 0.3) is 0 Å². The van der Waals surface area contributed by atoms with Gasteiger partial charge in [0.15, 0.2) is 0 Å². The second-order valence-electron chi connectivity index (χ2n) is 5.61. The number of halogens is 2. The Morgan fingerprint density at radius 2 is 2.00 bits per heavy atom. The first-order valence-electron chi connectivity index (χ1n) is 8.05. The molecule has 134 valence electrons. The topological polar surface area (TPSA) is 40.5 Å². The summed E-state index contributed by atoms with van der Waals surface area (Å²) in [4.78, 5) is 11.6. The van der Waals surface area contributed by atoms with Crippen LogP contribution in [0.25, 0.3) is 17.0 Å². The zero-order valence-corrected chi connectivity index (χ0v) is 15.8. The maximum atomic E-state index is 11.6. The van der Waals surface area contributed by atoms with Gasteiger partial charge in [-0.05, 0) is 43.3 Å². The van der Waals surface area contributed by atoms with Crippen LogP contribution in [0.15, 0.2) is 48.7 Å². The van der Waals surface area contributed by atoms with Crippen LogP contribution in [0.2, 0.25) is 10.0 Å². The van der Waals surface area contributed by atoms with Crippen LogP contribution >= 0.6 is 23.2 Å². The molecule has 0 amide bonds. The number of nitrogens with zero attached hydrogens (tertiary/aromatic N) is 1. The molecule has 0 saturated carbocycles. The van der Waals surface area contributed by atoms with Crippen molar-refractivity contribution < 1.29 is 14.3 Å². The summed E-state index contributed by atoms with van der Waals surface area (Å²) in [6, 6.07) is 10.8. The maximum Gasteiger partial charge on any atom is 0.330 e. The van der Waals surface area contributed by atoms with E-state index in [1.165, 1.54) is 6.08 Å². The number of hydrogen-bond donors (Lipinski definition) is 0. The highest BCUT2D eigenvalue weighted by Crippen LogP contribution is 2.37. The highest BCUT2D eigenvalue weighted by atomic mass is 35.5. The van der Waals surface area contributed by atoms with E-state index in [9.17, 15) is 4.79 Å². The van der Waals surface area contributed by atoms with Crippen LogP contribution in [0.4, 0.5) is 0 Å². The van der Waals surface area contributed by atoms with E-state index in [-0.39, 0.29) is 5.97 Å². The number of rotatable bonds is 5. The zero-order valence-electron chi connectivity index (χ0n) is 14.3. The molecule has 0 saturated heterocycles. The summed E-state index contributed by atoms with van der Waals surface area (Å²) in [5, 5.41) is 1.84. The normalized spacial score (nSPS) is 11.2. The standard InChI is InChI=1S/C20H17Cl2NO3/c1-3-25-19(24)10-7-13-12-23(2)16-5-4-6-18(20(13)16)26-17-9-8-14(21)11-15(17)22/h4-12H,3H2,1-2H3/b10-7+. The zero-order chi connectivity index (χ0) is 18.7. The Labute approximate surface area is 161 Å². The van der Waals surface area contributed by atoms with Gasteiger partial charge in [-0.3, -0.25) is 0 Å². The minimum Gasteiger partial charge on any atom is -0.463 e. The number of carbonyl (C=O) groups is 1. The molecule has 4 nitrogen and oxygen atoms in total. The molecule has 0 spiro atoms. The SMILES string of the molecule is CCOC(=O)/C=C/c1cn(C)c2cccc(Oc3ccc(Cl)cc3Cl)c12. The number of esters is 1. The van der Waals surface area contributed by atoms with Crippen LogP contribution < -0.4 is 4.74 Å². The van der Waals surface area contributed by atoms with E-state index >= 15 is 0 Å². The number of aromatic nitrogens is 1. The van der Waals surface area contributed by atoms with E-state index in [4.69, 9.17) is 32.7 Å². The van der Waals surface area contributed by atoms with E-state index in [1.54, 1.807) is 31.2 Å². The van der Waals surface area contributed by atoms with Crippen molar-refractivity contribution in [2.75, 3.05) is 6.61 Å². The summed E-state index contributed by atoms with van der Waals surface area (Å²) in [5.41, 5.74) is 1.81. The van der Waals surface area contributed by atoms with Crippen molar-refractivity contribution in [2.24, 2.45) is 7.05 Å². The van der Waals surface area contributed by atoms with Gasteiger partial charge in [0.2, 0.25) is 0 Å². The number of carbonyl (C=O) groups excluding carboxylic acids is 1. The molecule has 0 bridgehead atoms. The maximum absolute atomic E-state index is 11.6. The molecule has 26 heavy (non-hydrogen) atoms. The fourth-order valence-electron chi connectivity index (χ4n) is 2.68. The average molecular weight is 390 g/mol. The van der Waals surface area contributed by atoms with Gasteiger partial charge in [-0.25, -0.2) is 4.79 Å². The minimum atomic E-state index is -0.386. The third kappa shape index (κ3) is 3.87. The number of hydrogen-bond acceptors (Lipinski definition) is 3. The first-order valence-corrected chi connectivity index (χ1v) is 8.81. The number of aryl methyl sites for hydroxylation is 1. The number of ether oxygens (including phenoxy) is 2. The summed E-state index contributed by atoms with van der Waals surface area (Å²) < 4.78 is 12.9. The molecule has 0 aliphatic carbocycles. The molecule has 6 heteroatoms. The van der Waals surface area contributed by atoms with Crippen molar-refractivity contribution in [2.45, 2.75) is 6.92 Å². The second kappa shape index (κ2) is 7.85. The van der Waals surface area contributed by atoms with Crippen molar-refractivity contribution in [1.29, 1.82) is 0 Å². The highest BCUT2D eigenvalue weighted by molar-refractivity contribution is 6.35. The first kappa shape index (κ1) is 18.4. The molecule has 0 radical (unpaired) electrons. The molecular formula is C20H17Cl2NO3. The van der Waals surface area contributed by atoms with Gasteiger partial charge in [-0.2, -0.15) is 0 Å². The molecule has 3 rings (SSSR count). The smallest absolute Gasteiger partial charge is 0.330 e. The molecule has 0 fully saturated rings. The second-order valence-corrected chi connectivity index (χ2v) is 6.45. The van der Waals surface area contributed by atoms with Crippen LogP contribution in [-0.2, 0) is 16.6 Å². The monoisotopic (exact) mass is 389 g/mol. The fourth-order valence-corrected chi connectivity index (χ4v) is 3.13. The van der Waals surface area contributed by atoms with Crippen molar-refractivity contribution >= 4 is 46.2 Å². The summed E-state index contributed by atoms with van der Waals surface area (Å²) in [6.07, 6.45) is 5.05. The van der Waals surface area contributed by atoms with E-state index in [1.807, 2.05) is 36.0 Å². The van der Waals surface area contributed by atoms with Gasteiger partial charge >= 0.3 is 5.97 Å². The molecule has 3 aromatic rings. The van der Waals surface area contributed by atoms with Gasteiger partial charge in [0.05, 0.1) is 17.1 Å². The minimum absolute atomic E-state index is 0.335. The lowest BCUT2D eigenvalue weighted by Gasteiger charge is -2.10. The summed E-state index contributed by atoms with van der Waals surface area (Å²) >= 11 is 12.2. The quantitative estimate of drug-likeness (QED) is 0.405. The Balaban J connectivity index is 2.04. The van der Waals surface area contributed by atoms with Crippen LogP contribution in [0.3, 0.4) is 0 Å². The molecule has 0 N–H and O–H groups in total. The Morgan fingerprint density at radius 1 is 1.19 bits per heavy atom. The Bertz CT molecular complexity index is 992. The summed E-state index contributed by atoms with van der Waals surface area (Å²) in [6.45, 7) is 2.10. The van der Waals surface area contributed by atoms with E-state index in [0.29, 0.717) is 28.2 Å². The fraction of sp³-hybridized carbons (Fsp3) is 0.150. The van der Waals surface area contributed by atoms with Gasteiger partial charge in [0, 0.05) is 35.3 Å². The molecule has 0 unspecified atom stereocenters. The van der Waals surface area contributed by atoms with Crippen molar-refractivity contribution in [1.82, 2.24) is 4.57 Å². The Morgan fingerprint density at radius 3 is 2.73 bits per heavy atom. The predicted molar refractivity (Wildman–Crippen MR) is 105 cm³/mol. The summed E-state index contributed by atoms with van der Waals surface area (Å²) in [7, 11) is 1.93. The van der Waals surface area contributed by atoms with E-state index in [2.05, 4.69) is 0 Å². The van der Waals surface area contributed by atoms with Crippen LogP contribution in [0.1, 0.15) is 12.5 Å². The van der Waals surface area contributed by atoms with Gasteiger partial charge in [0.1, 0.15) is 11.5 Å².